The molecule has 0 fully saturated rings. The van der Waals surface area contributed by atoms with Crippen molar-refractivity contribution in [2.24, 2.45) is 0 Å². The molecule has 0 saturated carbocycles. The minimum absolute atomic E-state index is 0.656. The highest BCUT2D eigenvalue weighted by molar-refractivity contribution is 5.78. The van der Waals surface area contributed by atoms with E-state index in [0.717, 1.165) is 51.6 Å². The zero-order valence-corrected chi connectivity index (χ0v) is 17.1. The Bertz CT molecular complexity index is 1270. The van der Waals surface area contributed by atoms with Crippen molar-refractivity contribution in [3.8, 4) is 33.6 Å². The number of hydrogen-bond acceptors (Lipinski definition) is 5. The highest BCUT2D eigenvalue weighted by Crippen LogP contribution is 2.29. The van der Waals surface area contributed by atoms with Crippen LogP contribution in [-0.4, -0.2) is 34.9 Å². The lowest BCUT2D eigenvalue weighted by atomic mass is 10.0. The molecule has 4 heterocycles. The van der Waals surface area contributed by atoms with Crippen LogP contribution in [0.4, 0.5) is 0 Å². The van der Waals surface area contributed by atoms with Gasteiger partial charge < -0.3 is 0 Å². The first-order valence-corrected chi connectivity index (χ1v) is 10.2. The second kappa shape index (κ2) is 8.31. The Kier molecular flexibility index (Phi) is 5.06. The number of hydrogen-bond donors (Lipinski definition) is 1. The molecule has 1 aromatic carbocycles. The quantitative estimate of drug-likeness (QED) is 0.451. The first-order chi connectivity index (χ1) is 15.3. The molecule has 0 amide bonds. The highest BCUT2D eigenvalue weighted by Gasteiger charge is 2.15. The zero-order chi connectivity index (χ0) is 21.0. The SMILES string of the molecule is CCn1cc(-c2ccnc(Cc3ccc(-c4cn[nH]c4)cc3)n2)c(-c2cccnc2)n1. The van der Waals surface area contributed by atoms with Crippen LogP contribution >= 0.6 is 0 Å². The second-order valence-electron chi connectivity index (χ2n) is 7.21. The van der Waals surface area contributed by atoms with Crippen LogP contribution in [0.1, 0.15) is 18.3 Å². The van der Waals surface area contributed by atoms with Gasteiger partial charge in [0.2, 0.25) is 0 Å². The molecule has 0 bridgehead atoms. The highest BCUT2D eigenvalue weighted by atomic mass is 15.3. The molecule has 0 unspecified atom stereocenters. The van der Waals surface area contributed by atoms with Crippen LogP contribution in [0.5, 0.6) is 0 Å². The number of H-pyrrole nitrogens is 1. The zero-order valence-electron chi connectivity index (χ0n) is 17.1. The average Bonchev–Trinajstić information content (AvgIpc) is 3.51. The van der Waals surface area contributed by atoms with Gasteiger partial charge in [0.15, 0.2) is 0 Å². The van der Waals surface area contributed by atoms with Crippen molar-refractivity contribution in [2.75, 3.05) is 0 Å². The number of nitrogens with one attached hydrogen (secondary N) is 1. The summed E-state index contributed by atoms with van der Waals surface area (Å²) in [5, 5.41) is 11.6. The van der Waals surface area contributed by atoms with E-state index < -0.39 is 0 Å². The summed E-state index contributed by atoms with van der Waals surface area (Å²) in [6, 6.07) is 14.3. The number of aromatic amines is 1. The van der Waals surface area contributed by atoms with Crippen LogP contribution in [0.25, 0.3) is 33.6 Å². The summed E-state index contributed by atoms with van der Waals surface area (Å²) in [6.45, 7) is 2.86. The smallest absolute Gasteiger partial charge is 0.133 e. The van der Waals surface area contributed by atoms with Gasteiger partial charge in [0.25, 0.3) is 0 Å². The summed E-state index contributed by atoms with van der Waals surface area (Å²) in [7, 11) is 0. The Morgan fingerprint density at radius 1 is 0.935 bits per heavy atom. The van der Waals surface area contributed by atoms with Crippen molar-refractivity contribution < 1.29 is 0 Å². The monoisotopic (exact) mass is 407 g/mol. The number of aromatic nitrogens is 7. The van der Waals surface area contributed by atoms with Crippen molar-refractivity contribution in [1.29, 1.82) is 0 Å². The van der Waals surface area contributed by atoms with E-state index in [9.17, 15) is 0 Å². The predicted molar refractivity (Wildman–Crippen MR) is 119 cm³/mol. The molecule has 0 radical (unpaired) electrons. The molecule has 152 valence electrons. The van der Waals surface area contributed by atoms with Gasteiger partial charge in [-0.2, -0.15) is 10.2 Å². The molecule has 1 N–H and O–H groups in total. The fraction of sp³-hybridized carbons (Fsp3) is 0.125. The van der Waals surface area contributed by atoms with Crippen LogP contribution in [0.2, 0.25) is 0 Å². The van der Waals surface area contributed by atoms with Gasteiger partial charge >= 0.3 is 0 Å². The van der Waals surface area contributed by atoms with Crippen molar-refractivity contribution in [1.82, 2.24) is 34.9 Å². The molecule has 5 aromatic rings. The molecule has 0 aliphatic rings. The maximum Gasteiger partial charge on any atom is 0.133 e. The van der Waals surface area contributed by atoms with Gasteiger partial charge in [0, 0.05) is 60.6 Å². The van der Waals surface area contributed by atoms with E-state index in [2.05, 4.69) is 51.4 Å². The van der Waals surface area contributed by atoms with E-state index in [1.807, 2.05) is 53.9 Å². The molecule has 0 atom stereocenters. The fourth-order valence-electron chi connectivity index (χ4n) is 3.53. The third-order valence-corrected chi connectivity index (χ3v) is 5.15. The molecule has 5 rings (SSSR count). The number of aryl methyl sites for hydroxylation is 1. The normalized spacial score (nSPS) is 11.0. The summed E-state index contributed by atoms with van der Waals surface area (Å²) in [6.07, 6.45) is 11.8. The molecule has 0 spiro atoms. The van der Waals surface area contributed by atoms with Gasteiger partial charge in [-0.1, -0.05) is 24.3 Å². The third-order valence-electron chi connectivity index (χ3n) is 5.15. The number of pyridine rings is 1. The molecule has 0 saturated heterocycles. The summed E-state index contributed by atoms with van der Waals surface area (Å²) in [5.74, 6) is 0.773. The van der Waals surface area contributed by atoms with Crippen LogP contribution in [0, 0.1) is 0 Å². The maximum absolute atomic E-state index is 4.84. The first kappa shape index (κ1) is 18.9. The molecule has 31 heavy (non-hydrogen) atoms. The number of nitrogens with zero attached hydrogens (tertiary/aromatic N) is 6. The van der Waals surface area contributed by atoms with Gasteiger partial charge in [-0.05, 0) is 36.2 Å². The molecule has 0 aliphatic carbocycles. The van der Waals surface area contributed by atoms with Gasteiger partial charge in [-0.25, -0.2) is 9.97 Å². The molecular formula is C24H21N7. The Labute approximate surface area is 179 Å². The lowest BCUT2D eigenvalue weighted by Gasteiger charge is -2.06. The summed E-state index contributed by atoms with van der Waals surface area (Å²) in [5.41, 5.74) is 7.04. The maximum atomic E-state index is 4.84. The Morgan fingerprint density at radius 3 is 2.58 bits per heavy atom. The predicted octanol–water partition coefficient (Wildman–Crippen LogP) is 4.40. The Hall–Kier alpha value is -4.13. The van der Waals surface area contributed by atoms with Crippen molar-refractivity contribution in [3.05, 3.63) is 91.0 Å². The first-order valence-electron chi connectivity index (χ1n) is 10.2. The molecular weight excluding hydrogens is 386 g/mol. The Morgan fingerprint density at radius 2 is 1.84 bits per heavy atom. The molecule has 7 heteroatoms. The van der Waals surface area contributed by atoms with Gasteiger partial charge in [0.1, 0.15) is 11.5 Å². The van der Waals surface area contributed by atoms with E-state index in [1.165, 1.54) is 0 Å². The van der Waals surface area contributed by atoms with E-state index in [1.54, 1.807) is 6.20 Å². The van der Waals surface area contributed by atoms with Crippen molar-refractivity contribution >= 4 is 0 Å². The van der Waals surface area contributed by atoms with E-state index >= 15 is 0 Å². The molecule has 4 aromatic heterocycles. The number of benzene rings is 1. The summed E-state index contributed by atoms with van der Waals surface area (Å²) < 4.78 is 1.92. The third kappa shape index (κ3) is 3.98. The standard InChI is InChI=1S/C24H21N7/c1-2-31-16-21(24(30-31)19-4-3-10-25-13-19)22-9-11-26-23(29-22)12-17-5-7-18(8-6-17)20-14-27-28-15-20/h3-11,13-16H,2,12H2,1H3,(H,27,28). The van der Waals surface area contributed by atoms with Gasteiger partial charge in [-0.15, -0.1) is 0 Å². The largest absolute Gasteiger partial charge is 0.285 e. The lowest BCUT2D eigenvalue weighted by Crippen LogP contribution is -1.98. The van der Waals surface area contributed by atoms with Crippen LogP contribution < -0.4 is 0 Å². The average molecular weight is 407 g/mol. The van der Waals surface area contributed by atoms with E-state index in [-0.39, 0.29) is 0 Å². The van der Waals surface area contributed by atoms with Crippen molar-refractivity contribution in [3.63, 3.8) is 0 Å². The molecule has 7 nitrogen and oxygen atoms in total. The Balaban J connectivity index is 1.44. The summed E-state index contributed by atoms with van der Waals surface area (Å²) in [4.78, 5) is 13.6. The van der Waals surface area contributed by atoms with Crippen LogP contribution in [-0.2, 0) is 13.0 Å². The number of rotatable bonds is 6. The fourth-order valence-corrected chi connectivity index (χ4v) is 3.53. The van der Waals surface area contributed by atoms with E-state index in [4.69, 9.17) is 10.1 Å². The van der Waals surface area contributed by atoms with Gasteiger partial charge in [0.05, 0.1) is 11.9 Å². The van der Waals surface area contributed by atoms with Gasteiger partial charge in [-0.3, -0.25) is 14.8 Å². The van der Waals surface area contributed by atoms with Crippen LogP contribution in [0.3, 0.4) is 0 Å². The summed E-state index contributed by atoms with van der Waals surface area (Å²) >= 11 is 0. The topological polar surface area (TPSA) is 85.2 Å². The minimum Gasteiger partial charge on any atom is -0.285 e. The minimum atomic E-state index is 0.656. The lowest BCUT2D eigenvalue weighted by molar-refractivity contribution is 0.662. The van der Waals surface area contributed by atoms with E-state index in [0.29, 0.717) is 6.42 Å². The second-order valence-corrected chi connectivity index (χ2v) is 7.21. The van der Waals surface area contributed by atoms with Crippen molar-refractivity contribution in [2.45, 2.75) is 19.9 Å². The molecule has 0 aliphatic heterocycles. The van der Waals surface area contributed by atoms with Crippen LogP contribution in [0.15, 0.2) is 79.6 Å².